The number of carbonyl (C=O) groups excluding carboxylic acids is 1. The molecule has 0 bridgehead atoms. The second-order valence-corrected chi connectivity index (χ2v) is 7.61. The minimum absolute atomic E-state index is 0.00649. The molecule has 148 valence electrons. The molecular formula is C21H27N5O2. The number of hydrogen-bond acceptors (Lipinski definition) is 5. The standard InChI is InChI=1S/C21H27N5O2/c1-25(16-5-4-12-26(14-16)20-6-3-11-22-24-20)21(27)23-19-13-18(19)15-7-9-17(28-2)10-8-15/h3,6-11,16,18-19H,4-5,12-14H2,1-2H3,(H,23,27)/t16-,18?,19?/m1/s1. The maximum Gasteiger partial charge on any atom is 0.317 e. The van der Waals surface area contributed by atoms with E-state index in [0.29, 0.717) is 5.92 Å². The van der Waals surface area contributed by atoms with E-state index in [1.165, 1.54) is 5.56 Å². The van der Waals surface area contributed by atoms with Gasteiger partial charge < -0.3 is 19.9 Å². The highest BCUT2D eigenvalue weighted by molar-refractivity contribution is 5.75. The third-order valence-electron chi connectivity index (χ3n) is 5.79. The molecule has 2 aromatic rings. The number of urea groups is 1. The average Bonchev–Trinajstić information content (AvgIpc) is 3.53. The molecule has 2 aliphatic rings. The predicted octanol–water partition coefficient (Wildman–Crippen LogP) is 2.65. The Morgan fingerprint density at radius 2 is 2.11 bits per heavy atom. The fourth-order valence-corrected chi connectivity index (χ4v) is 3.94. The Labute approximate surface area is 165 Å². The van der Waals surface area contributed by atoms with Gasteiger partial charge in [0.15, 0.2) is 5.82 Å². The van der Waals surface area contributed by atoms with Crippen LogP contribution in [0.3, 0.4) is 0 Å². The zero-order chi connectivity index (χ0) is 19.5. The predicted molar refractivity (Wildman–Crippen MR) is 108 cm³/mol. The highest BCUT2D eigenvalue weighted by atomic mass is 16.5. The van der Waals surface area contributed by atoms with E-state index in [1.807, 2.05) is 36.2 Å². The number of carbonyl (C=O) groups is 1. The van der Waals surface area contributed by atoms with Gasteiger partial charge >= 0.3 is 6.03 Å². The highest BCUT2D eigenvalue weighted by Crippen LogP contribution is 2.41. The van der Waals surface area contributed by atoms with Crippen molar-refractivity contribution in [3.8, 4) is 5.75 Å². The molecule has 2 fully saturated rings. The summed E-state index contributed by atoms with van der Waals surface area (Å²) >= 11 is 0. The van der Waals surface area contributed by atoms with E-state index < -0.39 is 0 Å². The molecule has 3 atom stereocenters. The maximum atomic E-state index is 12.8. The van der Waals surface area contributed by atoms with Crippen LogP contribution in [0, 0.1) is 0 Å². The first kappa shape index (κ1) is 18.5. The summed E-state index contributed by atoms with van der Waals surface area (Å²) in [6, 6.07) is 12.4. The molecule has 2 unspecified atom stereocenters. The van der Waals surface area contributed by atoms with E-state index >= 15 is 0 Å². The van der Waals surface area contributed by atoms with E-state index in [2.05, 4.69) is 32.5 Å². The zero-order valence-corrected chi connectivity index (χ0v) is 16.4. The molecule has 2 amide bonds. The van der Waals surface area contributed by atoms with Crippen LogP contribution in [0.15, 0.2) is 42.6 Å². The summed E-state index contributed by atoms with van der Waals surface area (Å²) in [7, 11) is 3.56. The monoisotopic (exact) mass is 381 g/mol. The van der Waals surface area contributed by atoms with Gasteiger partial charge in [-0.15, -0.1) is 5.10 Å². The number of hydrogen-bond donors (Lipinski definition) is 1. The summed E-state index contributed by atoms with van der Waals surface area (Å²) < 4.78 is 5.21. The van der Waals surface area contributed by atoms with Crippen LogP contribution in [0.2, 0.25) is 0 Å². The van der Waals surface area contributed by atoms with Gasteiger partial charge in [0.2, 0.25) is 0 Å². The van der Waals surface area contributed by atoms with Crippen LogP contribution in [0.1, 0.15) is 30.7 Å². The van der Waals surface area contributed by atoms with Crippen LogP contribution < -0.4 is 15.0 Å². The summed E-state index contributed by atoms with van der Waals surface area (Å²) in [6.45, 7) is 1.74. The first-order valence-corrected chi connectivity index (χ1v) is 9.85. The molecule has 1 aliphatic heterocycles. The van der Waals surface area contributed by atoms with Gasteiger partial charge in [-0.1, -0.05) is 12.1 Å². The molecule has 7 heteroatoms. The Balaban J connectivity index is 1.31. The molecule has 0 radical (unpaired) electrons. The van der Waals surface area contributed by atoms with Crippen molar-refractivity contribution in [2.24, 2.45) is 0 Å². The second kappa shape index (κ2) is 8.04. The van der Waals surface area contributed by atoms with E-state index in [0.717, 1.165) is 43.9 Å². The molecule has 1 aromatic heterocycles. The molecule has 2 heterocycles. The highest BCUT2D eigenvalue weighted by Gasteiger charge is 2.40. The van der Waals surface area contributed by atoms with Gasteiger partial charge in [0.05, 0.1) is 13.2 Å². The van der Waals surface area contributed by atoms with Crippen LogP contribution in [0.25, 0.3) is 0 Å². The van der Waals surface area contributed by atoms with Gasteiger partial charge in [0, 0.05) is 38.3 Å². The molecule has 7 nitrogen and oxygen atoms in total. The van der Waals surface area contributed by atoms with Crippen molar-refractivity contribution in [1.29, 1.82) is 0 Å². The molecule has 1 aromatic carbocycles. The fourth-order valence-electron chi connectivity index (χ4n) is 3.94. The summed E-state index contributed by atoms with van der Waals surface area (Å²) in [4.78, 5) is 16.8. The minimum Gasteiger partial charge on any atom is -0.497 e. The topological polar surface area (TPSA) is 70.6 Å². The van der Waals surface area contributed by atoms with Crippen molar-refractivity contribution in [3.63, 3.8) is 0 Å². The van der Waals surface area contributed by atoms with E-state index in [4.69, 9.17) is 4.74 Å². The Kier molecular flexibility index (Phi) is 5.32. The number of methoxy groups -OCH3 is 1. The number of piperidine rings is 1. The lowest BCUT2D eigenvalue weighted by atomic mass is 10.0. The SMILES string of the molecule is COc1ccc(C2CC2NC(=O)N(C)[C@@H]2CCCN(c3cccnn3)C2)cc1. The third-order valence-corrected chi connectivity index (χ3v) is 5.79. The molecule has 1 saturated carbocycles. The zero-order valence-electron chi connectivity index (χ0n) is 16.4. The lowest BCUT2D eigenvalue weighted by Gasteiger charge is -2.38. The van der Waals surface area contributed by atoms with E-state index in [-0.39, 0.29) is 18.1 Å². The molecule has 28 heavy (non-hydrogen) atoms. The fraction of sp³-hybridized carbons (Fsp3) is 0.476. The van der Waals surface area contributed by atoms with Gasteiger partial charge in [0.1, 0.15) is 5.75 Å². The molecular weight excluding hydrogens is 354 g/mol. The summed E-state index contributed by atoms with van der Waals surface area (Å²) in [5.74, 6) is 2.13. The van der Waals surface area contributed by atoms with Crippen molar-refractivity contribution >= 4 is 11.8 Å². The normalized spacial score (nSPS) is 23.8. The number of nitrogens with zero attached hydrogens (tertiary/aromatic N) is 4. The number of amides is 2. The van der Waals surface area contributed by atoms with Gasteiger partial charge in [0.25, 0.3) is 0 Å². The molecule has 0 spiro atoms. The summed E-state index contributed by atoms with van der Waals surface area (Å²) in [5.41, 5.74) is 1.25. The number of rotatable bonds is 5. The quantitative estimate of drug-likeness (QED) is 0.862. The maximum absolute atomic E-state index is 12.8. The molecule has 1 saturated heterocycles. The smallest absolute Gasteiger partial charge is 0.317 e. The van der Waals surface area contributed by atoms with Gasteiger partial charge in [-0.2, -0.15) is 5.10 Å². The van der Waals surface area contributed by atoms with E-state index in [9.17, 15) is 4.79 Å². The number of nitrogens with one attached hydrogen (secondary N) is 1. The lowest BCUT2D eigenvalue weighted by Crippen LogP contribution is -2.52. The van der Waals surface area contributed by atoms with Crippen LogP contribution in [0.4, 0.5) is 10.6 Å². The number of anilines is 1. The first-order valence-electron chi connectivity index (χ1n) is 9.85. The van der Waals surface area contributed by atoms with Crippen molar-refractivity contribution in [2.75, 3.05) is 32.1 Å². The largest absolute Gasteiger partial charge is 0.497 e. The molecule has 4 rings (SSSR count). The van der Waals surface area contributed by atoms with Crippen molar-refractivity contribution < 1.29 is 9.53 Å². The average molecular weight is 381 g/mol. The molecule has 1 N–H and O–H groups in total. The van der Waals surface area contributed by atoms with Crippen molar-refractivity contribution in [3.05, 3.63) is 48.2 Å². The Morgan fingerprint density at radius 3 is 2.82 bits per heavy atom. The number of likely N-dealkylation sites (N-methyl/N-ethyl adjacent to an activating group) is 1. The van der Waals surface area contributed by atoms with Crippen LogP contribution in [0.5, 0.6) is 5.75 Å². The van der Waals surface area contributed by atoms with Crippen molar-refractivity contribution in [2.45, 2.75) is 37.3 Å². The Morgan fingerprint density at radius 1 is 1.29 bits per heavy atom. The number of benzene rings is 1. The Hall–Kier alpha value is -2.83. The van der Waals surface area contributed by atoms with Crippen LogP contribution in [-0.2, 0) is 0 Å². The van der Waals surface area contributed by atoms with Gasteiger partial charge in [-0.25, -0.2) is 4.79 Å². The van der Waals surface area contributed by atoms with Crippen LogP contribution in [-0.4, -0.2) is 60.5 Å². The number of aromatic nitrogens is 2. The van der Waals surface area contributed by atoms with Gasteiger partial charge in [-0.3, -0.25) is 0 Å². The van der Waals surface area contributed by atoms with Gasteiger partial charge in [-0.05, 0) is 49.1 Å². The van der Waals surface area contributed by atoms with Crippen LogP contribution >= 0.6 is 0 Å². The third kappa shape index (κ3) is 4.03. The van der Waals surface area contributed by atoms with Crippen molar-refractivity contribution in [1.82, 2.24) is 20.4 Å². The minimum atomic E-state index is 0.00649. The second-order valence-electron chi connectivity index (χ2n) is 7.61. The summed E-state index contributed by atoms with van der Waals surface area (Å²) in [6.07, 6.45) is 4.71. The summed E-state index contributed by atoms with van der Waals surface area (Å²) in [5, 5.41) is 11.4. The first-order chi connectivity index (χ1) is 13.7. The molecule has 1 aliphatic carbocycles. The Bertz CT molecular complexity index is 798. The lowest BCUT2D eigenvalue weighted by molar-refractivity contribution is 0.182. The number of ether oxygens (including phenoxy) is 1. The van der Waals surface area contributed by atoms with E-state index in [1.54, 1.807) is 13.3 Å².